The highest BCUT2D eigenvalue weighted by molar-refractivity contribution is 6.02. The SMILES string of the molecule is C#Cc1c(F)ccc2cccc(-c3ncc4c(N5CCC[C@@](C)(O)C5)nc(OC[C@@]56CCCN5[C@H](COC(=O)Oc5ccc([N+](=O)[O-])cc5)CC6)nc4c3F)c12. The second-order valence-corrected chi connectivity index (χ2v) is 14.9. The Labute approximate surface area is 320 Å². The summed E-state index contributed by atoms with van der Waals surface area (Å²) >= 11 is 0. The number of nitro groups is 1. The number of benzene rings is 3. The normalized spacial score (nSPS) is 22.2. The molecule has 13 nitrogen and oxygen atoms in total. The molecule has 3 aliphatic heterocycles. The van der Waals surface area contributed by atoms with Crippen molar-refractivity contribution in [2.24, 2.45) is 0 Å². The van der Waals surface area contributed by atoms with E-state index < -0.39 is 33.9 Å². The van der Waals surface area contributed by atoms with E-state index in [1.165, 1.54) is 36.5 Å². The van der Waals surface area contributed by atoms with Crippen molar-refractivity contribution in [3.63, 3.8) is 0 Å². The molecule has 5 aromatic rings. The molecule has 0 spiro atoms. The third kappa shape index (κ3) is 6.90. The van der Waals surface area contributed by atoms with Crippen molar-refractivity contribution < 1.29 is 37.8 Å². The van der Waals surface area contributed by atoms with Crippen LogP contribution < -0.4 is 14.4 Å². The molecule has 2 aromatic heterocycles. The van der Waals surface area contributed by atoms with Gasteiger partial charge in [-0.05, 0) is 75.6 Å². The zero-order valence-electron chi connectivity index (χ0n) is 30.5. The van der Waals surface area contributed by atoms with E-state index in [1.54, 1.807) is 31.2 Å². The summed E-state index contributed by atoms with van der Waals surface area (Å²) < 4.78 is 48.9. The van der Waals surface area contributed by atoms with E-state index >= 15 is 4.39 Å². The summed E-state index contributed by atoms with van der Waals surface area (Å²) in [4.78, 5) is 41.0. The number of terminal acetylenes is 1. The van der Waals surface area contributed by atoms with Crippen LogP contribution in [-0.4, -0.2) is 86.1 Å². The van der Waals surface area contributed by atoms with Crippen molar-refractivity contribution in [2.75, 3.05) is 37.7 Å². The molecule has 5 heterocycles. The number of rotatable bonds is 9. The van der Waals surface area contributed by atoms with Crippen molar-refractivity contribution in [3.8, 4) is 35.4 Å². The van der Waals surface area contributed by atoms with Crippen LogP contribution in [0, 0.1) is 34.1 Å². The molecule has 0 saturated carbocycles. The van der Waals surface area contributed by atoms with Crippen LogP contribution in [0.25, 0.3) is 32.9 Å². The lowest BCUT2D eigenvalue weighted by molar-refractivity contribution is -0.384. The second kappa shape index (κ2) is 14.6. The first-order chi connectivity index (χ1) is 26.9. The van der Waals surface area contributed by atoms with Crippen molar-refractivity contribution >= 4 is 39.3 Å². The molecule has 0 radical (unpaired) electrons. The molecule has 0 bridgehead atoms. The first kappa shape index (κ1) is 37.0. The van der Waals surface area contributed by atoms with Gasteiger partial charge in [-0.3, -0.25) is 20.0 Å². The number of halogens is 2. The summed E-state index contributed by atoms with van der Waals surface area (Å²) in [6, 6.07) is 13.0. The zero-order valence-corrected chi connectivity index (χ0v) is 30.5. The molecular weight excluding hydrogens is 726 g/mol. The summed E-state index contributed by atoms with van der Waals surface area (Å²) in [5, 5.41) is 23.3. The highest BCUT2D eigenvalue weighted by atomic mass is 19.1. The Morgan fingerprint density at radius 2 is 1.89 bits per heavy atom. The number of nitro benzene ring substituents is 1. The van der Waals surface area contributed by atoms with E-state index in [0.717, 1.165) is 32.2 Å². The molecular formula is C41H38F2N6O7. The van der Waals surface area contributed by atoms with Crippen molar-refractivity contribution in [1.82, 2.24) is 19.9 Å². The van der Waals surface area contributed by atoms with Gasteiger partial charge in [0.2, 0.25) is 0 Å². The van der Waals surface area contributed by atoms with E-state index in [0.29, 0.717) is 46.9 Å². The lowest BCUT2D eigenvalue weighted by atomic mass is 9.95. The third-order valence-corrected chi connectivity index (χ3v) is 11.2. The maximum Gasteiger partial charge on any atom is 0.513 e. The number of piperidine rings is 1. The van der Waals surface area contributed by atoms with E-state index in [9.17, 15) is 24.4 Å². The molecule has 0 aliphatic carbocycles. The Morgan fingerprint density at radius 1 is 1.09 bits per heavy atom. The highest BCUT2D eigenvalue weighted by Gasteiger charge is 2.50. The van der Waals surface area contributed by atoms with Gasteiger partial charge in [-0.25, -0.2) is 13.6 Å². The quantitative estimate of drug-likeness (QED) is 0.0543. The largest absolute Gasteiger partial charge is 0.513 e. The van der Waals surface area contributed by atoms with E-state index in [4.69, 9.17) is 25.6 Å². The number of carbonyl (C=O) groups is 1. The number of hydrogen-bond acceptors (Lipinski definition) is 12. The average molecular weight is 765 g/mol. The first-order valence-electron chi connectivity index (χ1n) is 18.5. The van der Waals surface area contributed by atoms with Gasteiger partial charge < -0.3 is 24.2 Å². The predicted octanol–water partition coefficient (Wildman–Crippen LogP) is 6.96. The Hall–Kier alpha value is -5.98. The van der Waals surface area contributed by atoms with E-state index in [2.05, 4.69) is 20.8 Å². The molecule has 56 heavy (non-hydrogen) atoms. The van der Waals surface area contributed by atoms with Gasteiger partial charge in [-0.2, -0.15) is 9.97 Å². The number of β-amino-alcohol motifs (C(OH)–C–C–N with tert-alkyl or cyclic N) is 1. The Kier molecular flexibility index (Phi) is 9.63. The van der Waals surface area contributed by atoms with Gasteiger partial charge in [-0.15, -0.1) is 6.42 Å². The van der Waals surface area contributed by atoms with E-state index in [1.807, 2.05) is 4.90 Å². The monoisotopic (exact) mass is 764 g/mol. The van der Waals surface area contributed by atoms with Gasteiger partial charge in [-0.1, -0.05) is 30.2 Å². The molecule has 0 unspecified atom stereocenters. The molecule has 3 fully saturated rings. The molecule has 1 N–H and O–H groups in total. The molecule has 3 saturated heterocycles. The highest BCUT2D eigenvalue weighted by Crippen LogP contribution is 2.43. The summed E-state index contributed by atoms with van der Waals surface area (Å²) in [5.41, 5.74) is -1.32. The lowest BCUT2D eigenvalue weighted by Gasteiger charge is -2.38. The van der Waals surface area contributed by atoms with Crippen LogP contribution in [0.5, 0.6) is 11.8 Å². The summed E-state index contributed by atoms with van der Waals surface area (Å²) in [6.07, 6.45) is 10.7. The number of non-ortho nitro benzene ring substituents is 1. The molecule has 15 heteroatoms. The van der Waals surface area contributed by atoms with E-state index in [-0.39, 0.29) is 60.0 Å². The molecule has 0 amide bonds. The number of aliphatic hydroxyl groups is 1. The minimum atomic E-state index is -1.00. The van der Waals surface area contributed by atoms with Gasteiger partial charge in [0, 0.05) is 48.4 Å². The maximum absolute atomic E-state index is 16.9. The number of ether oxygens (including phenoxy) is 3. The number of aromatic nitrogens is 3. The van der Waals surface area contributed by atoms with Gasteiger partial charge >= 0.3 is 12.2 Å². The number of pyridine rings is 1. The fourth-order valence-electron chi connectivity index (χ4n) is 8.52. The maximum atomic E-state index is 16.9. The zero-order chi connectivity index (χ0) is 39.2. The summed E-state index contributed by atoms with van der Waals surface area (Å²) in [6.45, 7) is 3.57. The van der Waals surface area contributed by atoms with Crippen molar-refractivity contribution in [3.05, 3.63) is 88.1 Å². The fraction of sp³-hybridized carbons (Fsp3) is 0.366. The molecule has 3 atom stereocenters. The number of anilines is 1. The minimum absolute atomic E-state index is 0.00404. The topological polar surface area (TPSA) is 153 Å². The Morgan fingerprint density at radius 3 is 2.66 bits per heavy atom. The molecule has 8 rings (SSSR count). The fourth-order valence-corrected chi connectivity index (χ4v) is 8.52. The van der Waals surface area contributed by atoms with Crippen LogP contribution in [0.3, 0.4) is 0 Å². The number of nitrogens with zero attached hydrogens (tertiary/aromatic N) is 6. The summed E-state index contributed by atoms with van der Waals surface area (Å²) in [5.74, 6) is 1.56. The van der Waals surface area contributed by atoms with Gasteiger partial charge in [0.1, 0.15) is 41.8 Å². The number of fused-ring (bicyclic) bond motifs is 3. The van der Waals surface area contributed by atoms with Crippen LogP contribution in [-0.2, 0) is 4.74 Å². The smallest absolute Gasteiger partial charge is 0.461 e. The van der Waals surface area contributed by atoms with Crippen LogP contribution >= 0.6 is 0 Å². The molecule has 3 aliphatic rings. The van der Waals surface area contributed by atoms with Gasteiger partial charge in [0.15, 0.2) is 5.82 Å². The Bertz CT molecular complexity index is 2410. The second-order valence-electron chi connectivity index (χ2n) is 14.9. The molecule has 288 valence electrons. The van der Waals surface area contributed by atoms with Crippen LogP contribution in [0.4, 0.5) is 25.1 Å². The average Bonchev–Trinajstić information content (AvgIpc) is 3.75. The number of hydrogen-bond donors (Lipinski definition) is 1. The summed E-state index contributed by atoms with van der Waals surface area (Å²) in [7, 11) is 0. The predicted molar refractivity (Wildman–Crippen MR) is 202 cm³/mol. The Balaban J connectivity index is 1.07. The first-order valence-corrected chi connectivity index (χ1v) is 18.5. The van der Waals surface area contributed by atoms with Gasteiger partial charge in [0.25, 0.3) is 5.69 Å². The van der Waals surface area contributed by atoms with Crippen molar-refractivity contribution in [1.29, 1.82) is 0 Å². The van der Waals surface area contributed by atoms with Crippen LogP contribution in [0.2, 0.25) is 0 Å². The van der Waals surface area contributed by atoms with Gasteiger partial charge in [0.05, 0.1) is 27.0 Å². The van der Waals surface area contributed by atoms with Crippen LogP contribution in [0.1, 0.15) is 51.0 Å². The van der Waals surface area contributed by atoms with Crippen molar-refractivity contribution in [2.45, 2.75) is 62.6 Å². The molecule has 3 aromatic carbocycles. The minimum Gasteiger partial charge on any atom is -0.461 e. The third-order valence-electron chi connectivity index (χ3n) is 11.2. The lowest BCUT2D eigenvalue weighted by Crippen LogP contribution is -2.48. The number of carbonyl (C=O) groups excluding carboxylic acids is 1. The van der Waals surface area contributed by atoms with Crippen LogP contribution in [0.15, 0.2) is 60.8 Å². The standard InChI is InChI=1S/C41H38F2N6O7/c1-3-29-32(42)14-9-25-7-4-8-30(33(25)29)35-34(43)36-31(21-44-35)37(47-19-5-16-40(2,51)23-47)46-38(45-36)55-24-41-17-6-20-48(41)27(15-18-41)22-54-39(50)56-28-12-10-26(11-13-28)49(52)53/h1,4,7-14,21,27,51H,5-6,15-20,22-24H2,2H3/t27-,40+,41-/m0/s1.